The SMILES string of the molecule is CNC(=O)c1cccc(-c2ccc(O[C@H]3OC(COC(C)=O)CC(C(O)[C@H]4OC(CO)[C@@H](O)C(O)C4O)C3O)cc2)c1. The molecular formula is C29H37NO12. The molecule has 13 nitrogen and oxygen atoms in total. The van der Waals surface area contributed by atoms with Gasteiger partial charge in [-0.05, 0) is 41.8 Å². The van der Waals surface area contributed by atoms with Crippen molar-refractivity contribution in [1.29, 1.82) is 0 Å². The number of nitrogens with one attached hydrogen (secondary N) is 1. The van der Waals surface area contributed by atoms with Crippen molar-refractivity contribution in [2.45, 2.75) is 68.5 Å². The highest BCUT2D eigenvalue weighted by molar-refractivity contribution is 5.95. The first kappa shape index (κ1) is 31.8. The zero-order valence-corrected chi connectivity index (χ0v) is 23.1. The summed E-state index contributed by atoms with van der Waals surface area (Å²) in [6.07, 6.45) is -13.1. The van der Waals surface area contributed by atoms with Crippen LogP contribution in [0.3, 0.4) is 0 Å². The van der Waals surface area contributed by atoms with Crippen molar-refractivity contribution in [1.82, 2.24) is 5.32 Å². The molecule has 0 saturated carbocycles. The molecule has 10 atom stereocenters. The van der Waals surface area contributed by atoms with E-state index in [4.69, 9.17) is 18.9 Å². The third-order valence-electron chi connectivity index (χ3n) is 7.55. The van der Waals surface area contributed by atoms with Gasteiger partial charge < -0.3 is 54.9 Å². The fourth-order valence-corrected chi connectivity index (χ4v) is 5.23. The molecule has 2 aromatic rings. The first-order valence-electron chi connectivity index (χ1n) is 13.6. The Kier molecular flexibility index (Phi) is 10.5. The van der Waals surface area contributed by atoms with Crippen molar-refractivity contribution in [3.63, 3.8) is 0 Å². The first-order chi connectivity index (χ1) is 20.0. The predicted octanol–water partition coefficient (Wildman–Crippen LogP) is -1.05. The molecule has 0 radical (unpaired) electrons. The van der Waals surface area contributed by atoms with Crippen LogP contribution in [-0.4, -0.2) is 118 Å². The van der Waals surface area contributed by atoms with Crippen LogP contribution in [0.4, 0.5) is 0 Å². The summed E-state index contributed by atoms with van der Waals surface area (Å²) in [6, 6.07) is 13.8. The van der Waals surface area contributed by atoms with Crippen molar-refractivity contribution in [3.05, 3.63) is 54.1 Å². The fraction of sp³-hybridized carbons (Fsp3) is 0.517. The number of esters is 1. The Balaban J connectivity index is 1.53. The number of amides is 1. The van der Waals surface area contributed by atoms with Gasteiger partial charge in [-0.1, -0.05) is 24.3 Å². The van der Waals surface area contributed by atoms with E-state index in [1.54, 1.807) is 49.5 Å². The normalized spacial score (nSPS) is 32.0. The van der Waals surface area contributed by atoms with E-state index in [0.717, 1.165) is 11.1 Å². The summed E-state index contributed by atoms with van der Waals surface area (Å²) in [5.74, 6) is -1.54. The van der Waals surface area contributed by atoms with Crippen LogP contribution in [0.5, 0.6) is 5.75 Å². The monoisotopic (exact) mass is 591 g/mol. The molecule has 0 aliphatic carbocycles. The maximum atomic E-state index is 12.0. The molecule has 7 unspecified atom stereocenters. The molecule has 0 aromatic heterocycles. The topological polar surface area (TPSA) is 204 Å². The van der Waals surface area contributed by atoms with Crippen LogP contribution in [0.1, 0.15) is 23.7 Å². The van der Waals surface area contributed by atoms with Crippen molar-refractivity contribution in [2.24, 2.45) is 5.92 Å². The lowest BCUT2D eigenvalue weighted by molar-refractivity contribution is -0.280. The average Bonchev–Trinajstić information content (AvgIpc) is 3.00. The molecule has 7 N–H and O–H groups in total. The maximum Gasteiger partial charge on any atom is 0.302 e. The standard InChI is InChI=1S/C29H37NO12/c1-14(32)39-13-19-11-20(22(33)27-26(37)25(36)24(35)21(12-31)42-27)23(34)29(41-19)40-18-8-6-15(7-9-18)16-4-3-5-17(10-16)28(38)30-2/h3-10,19-27,29,31,33-37H,11-13H2,1-2H3,(H,30,38)/t19?,20?,21?,22?,23?,24-,25?,26?,27-,29+/m1/s1. The Labute approximate surface area is 242 Å². The molecule has 1 amide bonds. The lowest BCUT2D eigenvalue weighted by Gasteiger charge is -2.46. The Morgan fingerprint density at radius 3 is 2.33 bits per heavy atom. The molecular weight excluding hydrogens is 554 g/mol. The van der Waals surface area contributed by atoms with Gasteiger partial charge in [0.25, 0.3) is 5.91 Å². The van der Waals surface area contributed by atoms with Gasteiger partial charge in [-0.2, -0.15) is 0 Å². The third kappa shape index (κ3) is 7.07. The fourth-order valence-electron chi connectivity index (χ4n) is 5.23. The number of carbonyl (C=O) groups is 2. The van der Waals surface area contributed by atoms with Crippen LogP contribution in [0.2, 0.25) is 0 Å². The van der Waals surface area contributed by atoms with Gasteiger partial charge in [-0.3, -0.25) is 9.59 Å². The van der Waals surface area contributed by atoms with Crippen LogP contribution < -0.4 is 10.1 Å². The van der Waals surface area contributed by atoms with Crippen molar-refractivity contribution in [2.75, 3.05) is 20.3 Å². The maximum absolute atomic E-state index is 12.0. The van der Waals surface area contributed by atoms with E-state index < -0.39 is 73.6 Å². The number of hydrogen-bond acceptors (Lipinski definition) is 12. The zero-order valence-electron chi connectivity index (χ0n) is 23.1. The largest absolute Gasteiger partial charge is 0.463 e. The summed E-state index contributed by atoms with van der Waals surface area (Å²) in [7, 11) is 1.55. The molecule has 0 spiro atoms. The summed E-state index contributed by atoms with van der Waals surface area (Å²) in [5, 5.41) is 65.3. The smallest absolute Gasteiger partial charge is 0.302 e. The van der Waals surface area contributed by atoms with E-state index >= 15 is 0 Å². The van der Waals surface area contributed by atoms with E-state index in [9.17, 15) is 40.2 Å². The van der Waals surface area contributed by atoms with Gasteiger partial charge in [0.15, 0.2) is 0 Å². The van der Waals surface area contributed by atoms with Crippen LogP contribution in [-0.2, 0) is 19.0 Å². The van der Waals surface area contributed by atoms with E-state index in [1.807, 2.05) is 6.07 Å². The molecule has 0 bridgehead atoms. The minimum Gasteiger partial charge on any atom is -0.463 e. The third-order valence-corrected chi connectivity index (χ3v) is 7.55. The summed E-state index contributed by atoms with van der Waals surface area (Å²) in [5.41, 5.74) is 2.08. The minimum absolute atomic E-state index is 0.0366. The summed E-state index contributed by atoms with van der Waals surface area (Å²) in [4.78, 5) is 23.4. The van der Waals surface area contributed by atoms with Gasteiger partial charge in [-0.25, -0.2) is 0 Å². The lowest BCUT2D eigenvalue weighted by atomic mass is 9.81. The molecule has 42 heavy (non-hydrogen) atoms. The molecule has 2 aliphatic rings. The second-order valence-electron chi connectivity index (χ2n) is 10.4. The number of ether oxygens (including phenoxy) is 4. The van der Waals surface area contributed by atoms with Crippen LogP contribution in [0.15, 0.2) is 48.5 Å². The Morgan fingerprint density at radius 2 is 1.69 bits per heavy atom. The second-order valence-corrected chi connectivity index (χ2v) is 10.4. The van der Waals surface area contributed by atoms with Gasteiger partial charge in [0.05, 0.1) is 18.8 Å². The molecule has 2 aromatic carbocycles. The van der Waals surface area contributed by atoms with Crippen molar-refractivity contribution >= 4 is 11.9 Å². The number of carbonyl (C=O) groups excluding carboxylic acids is 2. The number of hydrogen-bond donors (Lipinski definition) is 7. The number of aliphatic hydroxyl groups is 6. The molecule has 2 fully saturated rings. The number of aliphatic hydroxyl groups excluding tert-OH is 6. The molecule has 13 heteroatoms. The van der Waals surface area contributed by atoms with Crippen LogP contribution >= 0.6 is 0 Å². The van der Waals surface area contributed by atoms with Gasteiger partial charge in [0.1, 0.15) is 49.0 Å². The molecule has 2 saturated heterocycles. The van der Waals surface area contributed by atoms with Gasteiger partial charge >= 0.3 is 5.97 Å². The van der Waals surface area contributed by atoms with E-state index in [2.05, 4.69) is 5.32 Å². The second kappa shape index (κ2) is 13.9. The van der Waals surface area contributed by atoms with Gasteiger partial charge in [-0.15, -0.1) is 0 Å². The minimum atomic E-state index is -1.73. The first-order valence-corrected chi connectivity index (χ1v) is 13.6. The summed E-state index contributed by atoms with van der Waals surface area (Å²) in [6.45, 7) is 0.329. The number of rotatable bonds is 9. The molecule has 4 rings (SSSR count). The van der Waals surface area contributed by atoms with Gasteiger partial charge in [0.2, 0.25) is 6.29 Å². The Morgan fingerprint density at radius 1 is 0.976 bits per heavy atom. The average molecular weight is 592 g/mol. The molecule has 230 valence electrons. The van der Waals surface area contributed by atoms with Crippen molar-refractivity contribution in [3.8, 4) is 16.9 Å². The highest BCUT2D eigenvalue weighted by atomic mass is 16.7. The van der Waals surface area contributed by atoms with E-state index in [0.29, 0.717) is 11.3 Å². The zero-order chi connectivity index (χ0) is 30.6. The van der Waals surface area contributed by atoms with Crippen LogP contribution in [0.25, 0.3) is 11.1 Å². The Hall–Kier alpha value is -3.14. The van der Waals surface area contributed by atoms with E-state index in [-0.39, 0.29) is 18.9 Å². The highest BCUT2D eigenvalue weighted by Crippen LogP contribution is 2.35. The summed E-state index contributed by atoms with van der Waals surface area (Å²) < 4.78 is 22.4. The number of benzene rings is 2. The molecule has 2 heterocycles. The predicted molar refractivity (Wildman–Crippen MR) is 145 cm³/mol. The summed E-state index contributed by atoms with van der Waals surface area (Å²) >= 11 is 0. The van der Waals surface area contributed by atoms with Gasteiger partial charge in [0, 0.05) is 25.5 Å². The molecule has 2 aliphatic heterocycles. The van der Waals surface area contributed by atoms with Crippen molar-refractivity contribution < 1.29 is 59.2 Å². The van der Waals surface area contributed by atoms with Crippen LogP contribution in [0, 0.1) is 5.92 Å². The van der Waals surface area contributed by atoms with E-state index in [1.165, 1.54) is 6.92 Å². The lowest BCUT2D eigenvalue weighted by Crippen LogP contribution is -2.64. The Bertz CT molecular complexity index is 1210. The quantitative estimate of drug-likeness (QED) is 0.175. The highest BCUT2D eigenvalue weighted by Gasteiger charge is 2.51.